The van der Waals surface area contributed by atoms with E-state index in [2.05, 4.69) is 12.1 Å². The first-order chi connectivity index (χ1) is 13.8. The van der Waals surface area contributed by atoms with Crippen molar-refractivity contribution < 1.29 is 25.0 Å². The fourth-order valence-electron chi connectivity index (χ4n) is 7.92. The minimum absolute atomic E-state index is 0.121. The Bertz CT molecular complexity index is 818. The SMILES string of the molecule is C[C@]12CC[C@@H]3[C@@H](CCC4=C[C@H](O)CC[C@@]43/C=N\O)[C@]1(O)CC[C@@H]2C1=CC(=O)OC1. The van der Waals surface area contributed by atoms with Gasteiger partial charge in [0.25, 0.3) is 0 Å². The molecule has 5 rings (SSSR count). The summed E-state index contributed by atoms with van der Waals surface area (Å²) >= 11 is 0. The molecule has 0 aromatic heterocycles. The molecule has 7 atom stereocenters. The third-order valence-electron chi connectivity index (χ3n) is 9.30. The minimum Gasteiger partial charge on any atom is -0.458 e. The van der Waals surface area contributed by atoms with Gasteiger partial charge in [0.2, 0.25) is 0 Å². The number of nitrogens with zero attached hydrogens (tertiary/aromatic N) is 1. The van der Waals surface area contributed by atoms with Crippen molar-refractivity contribution >= 4 is 12.2 Å². The van der Waals surface area contributed by atoms with Gasteiger partial charge in [-0.15, -0.1) is 5.16 Å². The Labute approximate surface area is 171 Å². The van der Waals surface area contributed by atoms with Crippen LogP contribution in [0.25, 0.3) is 0 Å². The number of rotatable bonds is 2. The normalized spacial score (nSPS) is 49.1. The summed E-state index contributed by atoms with van der Waals surface area (Å²) in [6, 6.07) is 0. The van der Waals surface area contributed by atoms with Gasteiger partial charge in [0.05, 0.1) is 17.9 Å². The fraction of sp³-hybridized carbons (Fsp3) is 0.739. The Hall–Kier alpha value is -1.66. The number of allylic oxidation sites excluding steroid dienone is 1. The second-order valence-electron chi connectivity index (χ2n) is 10.1. The standard InChI is InChI=1S/C23H31NO5/c1-21-7-5-18-19(3-2-15-11-16(25)4-8-22(15,18)13-24-28)23(21,27)9-6-17(21)14-10-20(26)29-12-14/h10-11,13,16-19,25,27-28H,2-9,12H2,1H3/b24-13-/t16-,17-,18-,19-,21-,22-,23-/m1/s1. The monoisotopic (exact) mass is 401 g/mol. The van der Waals surface area contributed by atoms with Gasteiger partial charge in [-0.05, 0) is 74.7 Å². The van der Waals surface area contributed by atoms with Crippen LogP contribution in [0.5, 0.6) is 0 Å². The summed E-state index contributed by atoms with van der Waals surface area (Å²) in [6.07, 6.45) is 11.4. The Kier molecular flexibility index (Phi) is 4.27. The Morgan fingerprint density at radius 1 is 1.17 bits per heavy atom. The van der Waals surface area contributed by atoms with Crippen molar-refractivity contribution in [2.75, 3.05) is 6.61 Å². The third-order valence-corrected chi connectivity index (χ3v) is 9.30. The van der Waals surface area contributed by atoms with Crippen LogP contribution in [0.2, 0.25) is 0 Å². The summed E-state index contributed by atoms with van der Waals surface area (Å²) in [5, 5.41) is 35.3. The molecule has 0 amide bonds. The van der Waals surface area contributed by atoms with Gasteiger partial charge in [0, 0.05) is 16.9 Å². The molecule has 4 aliphatic carbocycles. The van der Waals surface area contributed by atoms with E-state index < -0.39 is 11.7 Å². The molecule has 1 heterocycles. The molecule has 0 saturated heterocycles. The van der Waals surface area contributed by atoms with Crippen molar-refractivity contribution in [3.63, 3.8) is 0 Å². The molecule has 1 aliphatic heterocycles. The quantitative estimate of drug-likeness (QED) is 0.217. The molecule has 3 fully saturated rings. The van der Waals surface area contributed by atoms with Gasteiger partial charge in [0.15, 0.2) is 0 Å². The predicted octanol–water partition coefficient (Wildman–Crippen LogP) is 2.96. The highest BCUT2D eigenvalue weighted by molar-refractivity contribution is 5.85. The smallest absolute Gasteiger partial charge is 0.331 e. The molecular formula is C23H31NO5. The number of carbonyl (C=O) groups excluding carboxylic acids is 1. The number of aliphatic hydroxyl groups is 2. The zero-order chi connectivity index (χ0) is 20.4. The highest BCUT2D eigenvalue weighted by Crippen LogP contribution is 2.69. The van der Waals surface area contributed by atoms with Crippen LogP contribution < -0.4 is 0 Å². The lowest BCUT2D eigenvalue weighted by molar-refractivity contribution is -0.175. The average Bonchev–Trinajstić information content (AvgIpc) is 3.23. The summed E-state index contributed by atoms with van der Waals surface area (Å²) in [7, 11) is 0. The van der Waals surface area contributed by atoms with Gasteiger partial charge in [-0.25, -0.2) is 4.79 Å². The van der Waals surface area contributed by atoms with E-state index in [0.717, 1.165) is 50.5 Å². The van der Waals surface area contributed by atoms with Crippen LogP contribution in [0.15, 0.2) is 28.5 Å². The van der Waals surface area contributed by atoms with Crippen LogP contribution in [0.1, 0.15) is 58.3 Å². The first-order valence-electron chi connectivity index (χ1n) is 11.0. The number of ether oxygens (including phenoxy) is 1. The summed E-state index contributed by atoms with van der Waals surface area (Å²) < 4.78 is 5.18. The predicted molar refractivity (Wildman–Crippen MR) is 106 cm³/mol. The van der Waals surface area contributed by atoms with Crippen molar-refractivity contribution in [2.24, 2.45) is 33.7 Å². The molecule has 3 saturated carbocycles. The van der Waals surface area contributed by atoms with E-state index in [4.69, 9.17) is 4.74 Å². The van der Waals surface area contributed by atoms with Crippen molar-refractivity contribution in [3.8, 4) is 0 Å². The highest BCUT2D eigenvalue weighted by atomic mass is 16.5. The molecule has 6 heteroatoms. The number of esters is 1. The van der Waals surface area contributed by atoms with Crippen molar-refractivity contribution in [3.05, 3.63) is 23.3 Å². The molecule has 6 nitrogen and oxygen atoms in total. The zero-order valence-electron chi connectivity index (χ0n) is 17.0. The summed E-state index contributed by atoms with van der Waals surface area (Å²) in [5.41, 5.74) is 0.772. The molecule has 29 heavy (non-hydrogen) atoms. The number of hydrogen-bond acceptors (Lipinski definition) is 6. The molecule has 158 valence electrons. The Balaban J connectivity index is 1.53. The molecule has 0 spiro atoms. The van der Waals surface area contributed by atoms with Gasteiger partial charge < -0.3 is 20.2 Å². The Morgan fingerprint density at radius 3 is 2.72 bits per heavy atom. The van der Waals surface area contributed by atoms with Gasteiger partial charge >= 0.3 is 5.97 Å². The minimum atomic E-state index is -0.801. The maximum atomic E-state index is 12.2. The highest BCUT2D eigenvalue weighted by Gasteiger charge is 2.67. The second-order valence-corrected chi connectivity index (χ2v) is 10.1. The molecule has 0 bridgehead atoms. The van der Waals surface area contributed by atoms with Gasteiger partial charge in [-0.2, -0.15) is 0 Å². The van der Waals surface area contributed by atoms with E-state index in [-0.39, 0.29) is 34.6 Å². The van der Waals surface area contributed by atoms with Crippen LogP contribution in [0, 0.1) is 28.6 Å². The first-order valence-corrected chi connectivity index (χ1v) is 11.0. The number of cyclic esters (lactones) is 1. The lowest BCUT2D eigenvalue weighted by atomic mass is 9.44. The number of fused-ring (bicyclic) bond motifs is 5. The van der Waals surface area contributed by atoms with Crippen LogP contribution in [0.4, 0.5) is 0 Å². The topological polar surface area (TPSA) is 99.4 Å². The lowest BCUT2D eigenvalue weighted by Gasteiger charge is -2.61. The largest absolute Gasteiger partial charge is 0.458 e. The Morgan fingerprint density at radius 2 is 2.00 bits per heavy atom. The zero-order valence-corrected chi connectivity index (χ0v) is 17.0. The van der Waals surface area contributed by atoms with Gasteiger partial charge in [-0.1, -0.05) is 18.6 Å². The fourth-order valence-corrected chi connectivity index (χ4v) is 7.92. The lowest BCUT2D eigenvalue weighted by Crippen LogP contribution is -2.61. The molecule has 0 aromatic carbocycles. The number of carbonyl (C=O) groups is 1. The second kappa shape index (κ2) is 6.42. The molecule has 0 unspecified atom stereocenters. The van der Waals surface area contributed by atoms with Crippen LogP contribution in [-0.2, 0) is 9.53 Å². The number of oxime groups is 1. The van der Waals surface area contributed by atoms with E-state index >= 15 is 0 Å². The van der Waals surface area contributed by atoms with E-state index in [1.165, 1.54) is 5.57 Å². The average molecular weight is 402 g/mol. The van der Waals surface area contributed by atoms with E-state index in [9.17, 15) is 20.2 Å². The van der Waals surface area contributed by atoms with Gasteiger partial charge in [-0.3, -0.25) is 0 Å². The summed E-state index contributed by atoms with van der Waals surface area (Å²) in [4.78, 5) is 11.7. The molecule has 3 N–H and O–H groups in total. The van der Waals surface area contributed by atoms with Crippen LogP contribution in [-0.4, -0.2) is 45.9 Å². The van der Waals surface area contributed by atoms with Gasteiger partial charge in [0.1, 0.15) is 6.61 Å². The van der Waals surface area contributed by atoms with Crippen molar-refractivity contribution in [1.82, 2.24) is 0 Å². The van der Waals surface area contributed by atoms with Crippen molar-refractivity contribution in [2.45, 2.75) is 70.0 Å². The maximum Gasteiger partial charge on any atom is 0.331 e. The summed E-state index contributed by atoms with van der Waals surface area (Å²) in [6.45, 7) is 2.56. The number of aliphatic hydroxyl groups excluding tert-OH is 1. The number of hydrogen-bond donors (Lipinski definition) is 3. The molecule has 5 aliphatic rings. The molecule has 0 radical (unpaired) electrons. The van der Waals surface area contributed by atoms with E-state index in [1.54, 1.807) is 12.3 Å². The third kappa shape index (κ3) is 2.48. The van der Waals surface area contributed by atoms with Crippen LogP contribution >= 0.6 is 0 Å². The van der Waals surface area contributed by atoms with E-state index in [0.29, 0.717) is 13.0 Å². The maximum absolute atomic E-state index is 12.2. The van der Waals surface area contributed by atoms with E-state index in [1.807, 2.05) is 6.08 Å². The van der Waals surface area contributed by atoms with Crippen LogP contribution in [0.3, 0.4) is 0 Å². The molecular weight excluding hydrogens is 370 g/mol. The first kappa shape index (κ1) is 19.3. The van der Waals surface area contributed by atoms with Crippen molar-refractivity contribution in [1.29, 1.82) is 0 Å². The molecule has 0 aromatic rings. The summed E-state index contributed by atoms with van der Waals surface area (Å²) in [5.74, 6) is 0.236.